The molecule has 4 atom stereocenters. The fourth-order valence-corrected chi connectivity index (χ4v) is 2.90. The van der Waals surface area contributed by atoms with E-state index < -0.39 is 42.0 Å². The van der Waals surface area contributed by atoms with Gasteiger partial charge in [-0.15, -0.1) is 0 Å². The second-order valence-corrected chi connectivity index (χ2v) is 7.80. The monoisotopic (exact) mass is 438 g/mol. The Bertz CT molecular complexity index is 808. The van der Waals surface area contributed by atoms with Crippen molar-refractivity contribution in [2.75, 3.05) is 13.1 Å². The Morgan fingerprint density at radius 1 is 1.00 bits per heavy atom. The van der Waals surface area contributed by atoms with Crippen molar-refractivity contribution in [1.82, 2.24) is 31.7 Å². The summed E-state index contributed by atoms with van der Waals surface area (Å²) in [7, 11) is 0. The molecule has 12 heteroatoms. The maximum Gasteiger partial charge on any atom is 0.274 e. The molecule has 1 aromatic rings. The molecule has 1 aliphatic rings. The van der Waals surface area contributed by atoms with E-state index in [0.717, 1.165) is 0 Å². The van der Waals surface area contributed by atoms with Gasteiger partial charge in [0.25, 0.3) is 5.91 Å². The van der Waals surface area contributed by atoms with Crippen LogP contribution in [0.2, 0.25) is 0 Å². The van der Waals surface area contributed by atoms with Crippen molar-refractivity contribution in [3.05, 3.63) is 17.5 Å². The second kappa shape index (κ2) is 10.9. The van der Waals surface area contributed by atoms with Gasteiger partial charge in [-0.1, -0.05) is 19.0 Å². The predicted molar refractivity (Wildman–Crippen MR) is 109 cm³/mol. The topological polar surface area (TPSA) is 175 Å². The van der Waals surface area contributed by atoms with Crippen LogP contribution in [0.1, 0.15) is 43.9 Å². The largest absolute Gasteiger partial charge is 0.391 e. The van der Waals surface area contributed by atoms with Gasteiger partial charge in [-0.2, -0.15) is 0 Å². The minimum atomic E-state index is -1.33. The van der Waals surface area contributed by atoms with Crippen molar-refractivity contribution in [2.45, 2.75) is 58.5 Å². The number of aliphatic hydroxyl groups excluding tert-OH is 1. The van der Waals surface area contributed by atoms with Gasteiger partial charge in [-0.25, -0.2) is 0 Å². The average molecular weight is 438 g/mol. The quantitative estimate of drug-likeness (QED) is 0.308. The number of aliphatic hydroxyl groups is 1. The van der Waals surface area contributed by atoms with Crippen LogP contribution in [0.15, 0.2) is 10.6 Å². The van der Waals surface area contributed by atoms with Gasteiger partial charge in [0.15, 0.2) is 11.5 Å². The molecule has 172 valence electrons. The van der Waals surface area contributed by atoms with Gasteiger partial charge < -0.3 is 36.2 Å². The Balaban J connectivity index is 2.24. The van der Waals surface area contributed by atoms with E-state index in [1.165, 1.54) is 19.9 Å². The van der Waals surface area contributed by atoms with E-state index in [1.54, 1.807) is 13.8 Å². The highest BCUT2D eigenvalue weighted by atomic mass is 16.5. The standard InChI is InChI=1S/C19H30N6O6/c1-9(2)14-18(29)21-6-5-20-8-12-7-13(25-31-12)17(28)24-15(11(4)26)19(30)22-10(3)16(27)23-14/h7,9-11,14-15,20,26H,5-6,8H2,1-4H3,(H,21,29)(H,22,30)(H,23,27)(H,24,28)/t10-,11+,14-,15-/m0/s1. The first kappa shape index (κ1) is 24.3. The van der Waals surface area contributed by atoms with Crippen LogP contribution in [0.4, 0.5) is 0 Å². The lowest BCUT2D eigenvalue weighted by Gasteiger charge is -2.26. The first-order valence-corrected chi connectivity index (χ1v) is 10.1. The Hall–Kier alpha value is -2.99. The molecule has 4 amide bonds. The fourth-order valence-electron chi connectivity index (χ4n) is 2.90. The molecule has 0 aliphatic carbocycles. The third kappa shape index (κ3) is 6.76. The van der Waals surface area contributed by atoms with Gasteiger partial charge in [-0.05, 0) is 19.8 Å². The molecule has 2 heterocycles. The molecule has 12 nitrogen and oxygen atoms in total. The van der Waals surface area contributed by atoms with Crippen molar-refractivity contribution >= 4 is 23.6 Å². The van der Waals surface area contributed by atoms with Gasteiger partial charge in [0.1, 0.15) is 18.1 Å². The number of hydrogen-bond acceptors (Lipinski definition) is 8. The number of nitrogens with zero attached hydrogens (tertiary/aromatic N) is 1. The zero-order chi connectivity index (χ0) is 23.1. The average Bonchev–Trinajstić information content (AvgIpc) is 3.17. The highest BCUT2D eigenvalue weighted by molar-refractivity contribution is 5.97. The molecule has 0 aromatic carbocycles. The normalized spacial score (nSPS) is 25.5. The maximum absolute atomic E-state index is 12.6. The molecule has 0 unspecified atom stereocenters. The molecule has 6 N–H and O–H groups in total. The number of amides is 4. The van der Waals surface area contributed by atoms with Gasteiger partial charge >= 0.3 is 0 Å². The lowest BCUT2D eigenvalue weighted by atomic mass is 10.0. The molecule has 1 aliphatic heterocycles. The van der Waals surface area contributed by atoms with E-state index in [-0.39, 0.29) is 24.1 Å². The van der Waals surface area contributed by atoms with Gasteiger partial charge in [0.2, 0.25) is 17.7 Å². The number of hydrogen-bond donors (Lipinski definition) is 6. The number of nitrogens with one attached hydrogen (secondary N) is 5. The summed E-state index contributed by atoms with van der Waals surface area (Å²) in [6.45, 7) is 7.34. The van der Waals surface area contributed by atoms with E-state index >= 15 is 0 Å². The number of carbonyl (C=O) groups is 4. The third-order valence-electron chi connectivity index (χ3n) is 4.74. The second-order valence-electron chi connectivity index (χ2n) is 7.80. The Morgan fingerprint density at radius 3 is 2.35 bits per heavy atom. The molecule has 0 saturated heterocycles. The number of aromatic nitrogens is 1. The molecule has 0 fully saturated rings. The molecule has 2 rings (SSSR count). The van der Waals surface area contributed by atoms with Gasteiger partial charge in [0, 0.05) is 19.2 Å². The van der Waals surface area contributed by atoms with E-state index in [4.69, 9.17) is 4.52 Å². The van der Waals surface area contributed by atoms with Crippen LogP contribution in [-0.2, 0) is 20.9 Å². The first-order chi connectivity index (χ1) is 14.6. The smallest absolute Gasteiger partial charge is 0.274 e. The maximum atomic E-state index is 12.6. The molecular weight excluding hydrogens is 408 g/mol. The molecule has 0 radical (unpaired) electrons. The van der Waals surface area contributed by atoms with Crippen molar-refractivity contribution in [2.24, 2.45) is 5.92 Å². The minimum absolute atomic E-state index is 0.0600. The van der Waals surface area contributed by atoms with Crippen LogP contribution in [0.5, 0.6) is 0 Å². The summed E-state index contributed by atoms with van der Waals surface area (Å²) in [5.74, 6) is -2.19. The fraction of sp³-hybridized carbons (Fsp3) is 0.632. The van der Waals surface area contributed by atoms with Crippen LogP contribution >= 0.6 is 0 Å². The Kier molecular flexibility index (Phi) is 8.51. The summed E-state index contributed by atoms with van der Waals surface area (Å²) >= 11 is 0. The summed E-state index contributed by atoms with van der Waals surface area (Å²) in [4.78, 5) is 50.1. The van der Waals surface area contributed by atoms with Crippen LogP contribution in [0.25, 0.3) is 0 Å². The summed E-state index contributed by atoms with van der Waals surface area (Å²) in [5.41, 5.74) is -0.0600. The van der Waals surface area contributed by atoms with Crippen LogP contribution < -0.4 is 26.6 Å². The molecule has 31 heavy (non-hydrogen) atoms. The predicted octanol–water partition coefficient (Wildman–Crippen LogP) is -1.98. The summed E-state index contributed by atoms with van der Waals surface area (Å²) in [5, 5.41) is 26.9. The molecule has 1 aromatic heterocycles. The van der Waals surface area contributed by atoms with E-state index in [9.17, 15) is 24.3 Å². The summed E-state index contributed by atoms with van der Waals surface area (Å²) < 4.78 is 5.10. The highest BCUT2D eigenvalue weighted by Gasteiger charge is 2.31. The summed E-state index contributed by atoms with van der Waals surface area (Å²) in [6, 6.07) is -1.73. The lowest BCUT2D eigenvalue weighted by Crippen LogP contribution is -2.58. The first-order valence-electron chi connectivity index (χ1n) is 10.1. The van der Waals surface area contributed by atoms with Gasteiger partial charge in [0.05, 0.1) is 12.6 Å². The number of fused-ring (bicyclic) bond motifs is 2. The van der Waals surface area contributed by atoms with Crippen LogP contribution in [0, 0.1) is 5.92 Å². The van der Waals surface area contributed by atoms with Crippen molar-refractivity contribution in [3.63, 3.8) is 0 Å². The van der Waals surface area contributed by atoms with Crippen LogP contribution in [-0.4, -0.2) is 71.2 Å². The zero-order valence-electron chi connectivity index (χ0n) is 18.0. The molecular formula is C19H30N6O6. The molecule has 0 spiro atoms. The molecule has 2 bridgehead atoms. The number of carbonyl (C=O) groups excluding carboxylic acids is 4. The minimum Gasteiger partial charge on any atom is -0.391 e. The van der Waals surface area contributed by atoms with Crippen LogP contribution in [0.3, 0.4) is 0 Å². The lowest BCUT2D eigenvalue weighted by molar-refractivity contribution is -0.133. The Morgan fingerprint density at radius 2 is 1.71 bits per heavy atom. The van der Waals surface area contributed by atoms with E-state index in [0.29, 0.717) is 18.8 Å². The summed E-state index contributed by atoms with van der Waals surface area (Å²) in [6.07, 6.45) is -1.24. The van der Waals surface area contributed by atoms with E-state index in [2.05, 4.69) is 31.7 Å². The Labute approximate surface area is 179 Å². The highest BCUT2D eigenvalue weighted by Crippen LogP contribution is 2.06. The van der Waals surface area contributed by atoms with Crippen molar-refractivity contribution in [3.8, 4) is 0 Å². The van der Waals surface area contributed by atoms with E-state index in [1.807, 2.05) is 0 Å². The molecule has 0 saturated carbocycles. The number of rotatable bonds is 2. The van der Waals surface area contributed by atoms with Gasteiger partial charge in [-0.3, -0.25) is 19.2 Å². The van der Waals surface area contributed by atoms with Crippen molar-refractivity contribution < 1.29 is 28.8 Å². The zero-order valence-corrected chi connectivity index (χ0v) is 18.0. The van der Waals surface area contributed by atoms with Crippen molar-refractivity contribution in [1.29, 1.82) is 0 Å². The third-order valence-corrected chi connectivity index (χ3v) is 4.74. The SMILES string of the molecule is CC(C)[C@@H]1NC(=O)[C@H](C)NC(=O)[C@H]([C@@H](C)O)NC(=O)c2cc(on2)CNCCNC1=O.